The Morgan fingerprint density at radius 2 is 2.14 bits per heavy atom. The maximum absolute atomic E-state index is 9.47. The van der Waals surface area contributed by atoms with E-state index in [-0.39, 0.29) is 11.8 Å². The van der Waals surface area contributed by atoms with Gasteiger partial charge in [-0.05, 0) is 24.1 Å². The Hall–Kier alpha value is -2.87. The molecule has 0 saturated heterocycles. The number of nitriles is 1. The van der Waals surface area contributed by atoms with Crippen LogP contribution in [0.4, 0.5) is 0 Å². The molecule has 1 aliphatic rings. The zero-order valence-electron chi connectivity index (χ0n) is 12.3. The van der Waals surface area contributed by atoms with Crippen molar-refractivity contribution < 1.29 is 9.47 Å². The molecule has 2 heterocycles. The van der Waals surface area contributed by atoms with Gasteiger partial charge in [0.15, 0.2) is 0 Å². The van der Waals surface area contributed by atoms with E-state index in [1.54, 1.807) is 25.6 Å². The average Bonchev–Trinajstić information content (AvgIpc) is 2.52. The topological polar surface area (TPSA) is 79.0 Å². The van der Waals surface area contributed by atoms with Crippen molar-refractivity contribution in [3.05, 3.63) is 53.3 Å². The smallest absolute Gasteiger partial charge is 0.205 e. The number of aryl methyl sites for hydroxylation is 1. The van der Waals surface area contributed by atoms with Gasteiger partial charge >= 0.3 is 0 Å². The van der Waals surface area contributed by atoms with Crippen molar-refractivity contribution in [1.82, 2.24) is 4.98 Å². The predicted octanol–water partition coefficient (Wildman–Crippen LogP) is 3.04. The van der Waals surface area contributed by atoms with Gasteiger partial charge in [0.25, 0.3) is 0 Å². The van der Waals surface area contributed by atoms with Crippen molar-refractivity contribution >= 4 is 5.90 Å². The van der Waals surface area contributed by atoms with E-state index >= 15 is 0 Å². The second-order valence-electron chi connectivity index (χ2n) is 5.25. The van der Waals surface area contributed by atoms with Crippen LogP contribution in [0, 0.1) is 29.6 Å². The van der Waals surface area contributed by atoms with Crippen molar-refractivity contribution in [2.45, 2.75) is 12.8 Å². The van der Waals surface area contributed by atoms with Crippen LogP contribution in [0.1, 0.15) is 22.6 Å². The molecule has 0 spiro atoms. The first-order valence-corrected chi connectivity index (χ1v) is 6.89. The third kappa shape index (κ3) is 2.29. The number of hydrogen-bond acceptors (Lipinski definition) is 5. The molecular formula is C17H15N3O2. The van der Waals surface area contributed by atoms with Gasteiger partial charge in [-0.3, -0.25) is 10.4 Å². The zero-order valence-corrected chi connectivity index (χ0v) is 12.3. The number of nitrogens with zero attached hydrogens (tertiary/aromatic N) is 2. The SMILES string of the molecule is COc1ccc2c(c1)OC(=N)C(C#N)C2c1cncc(C)c1. The van der Waals surface area contributed by atoms with Crippen LogP contribution in [0.3, 0.4) is 0 Å². The first-order chi connectivity index (χ1) is 10.6. The molecule has 0 amide bonds. The standard InChI is InChI=1S/C17H15N3O2/c1-10-5-11(9-20-8-10)16-13-4-3-12(21-2)6-15(13)22-17(19)14(16)7-18/h3-6,8-9,14,16,19H,1-2H3. The normalized spacial score (nSPS) is 19.8. The fraction of sp³-hybridized carbons (Fsp3) is 0.235. The Kier molecular flexibility index (Phi) is 3.51. The molecule has 110 valence electrons. The highest BCUT2D eigenvalue weighted by Crippen LogP contribution is 2.43. The monoisotopic (exact) mass is 293 g/mol. The van der Waals surface area contributed by atoms with E-state index in [1.807, 2.05) is 25.1 Å². The van der Waals surface area contributed by atoms with E-state index in [0.29, 0.717) is 11.5 Å². The van der Waals surface area contributed by atoms with E-state index in [0.717, 1.165) is 16.7 Å². The minimum atomic E-state index is -0.663. The lowest BCUT2D eigenvalue weighted by Gasteiger charge is -2.30. The van der Waals surface area contributed by atoms with E-state index in [4.69, 9.17) is 14.9 Å². The number of hydrogen-bond donors (Lipinski definition) is 1. The molecule has 5 heteroatoms. The van der Waals surface area contributed by atoms with E-state index in [1.165, 1.54) is 0 Å². The molecule has 1 aromatic heterocycles. The van der Waals surface area contributed by atoms with Gasteiger partial charge in [-0.25, -0.2) is 0 Å². The van der Waals surface area contributed by atoms with Crippen molar-refractivity contribution in [3.8, 4) is 17.6 Å². The van der Waals surface area contributed by atoms with Crippen molar-refractivity contribution in [1.29, 1.82) is 10.7 Å². The van der Waals surface area contributed by atoms with Crippen LogP contribution >= 0.6 is 0 Å². The highest BCUT2D eigenvalue weighted by molar-refractivity contribution is 5.85. The molecule has 5 nitrogen and oxygen atoms in total. The first kappa shape index (κ1) is 14.1. The molecule has 0 fully saturated rings. The first-order valence-electron chi connectivity index (χ1n) is 6.89. The summed E-state index contributed by atoms with van der Waals surface area (Å²) < 4.78 is 10.7. The van der Waals surface area contributed by atoms with E-state index in [2.05, 4.69) is 11.1 Å². The summed E-state index contributed by atoms with van der Waals surface area (Å²) in [5.41, 5.74) is 2.80. The van der Waals surface area contributed by atoms with Crippen molar-refractivity contribution in [3.63, 3.8) is 0 Å². The van der Waals surface area contributed by atoms with Crippen LogP contribution in [0.2, 0.25) is 0 Å². The number of benzene rings is 1. The molecular weight excluding hydrogens is 278 g/mol. The molecule has 3 rings (SSSR count). The largest absolute Gasteiger partial charge is 0.497 e. The maximum Gasteiger partial charge on any atom is 0.205 e. The summed E-state index contributed by atoms with van der Waals surface area (Å²) >= 11 is 0. The summed E-state index contributed by atoms with van der Waals surface area (Å²) in [6, 6.07) is 9.64. The second kappa shape index (κ2) is 5.49. The summed E-state index contributed by atoms with van der Waals surface area (Å²) in [7, 11) is 1.58. The van der Waals surface area contributed by atoms with Gasteiger partial charge in [0, 0.05) is 29.9 Å². The van der Waals surface area contributed by atoms with Crippen LogP contribution < -0.4 is 9.47 Å². The fourth-order valence-corrected chi connectivity index (χ4v) is 2.75. The molecule has 0 radical (unpaired) electrons. The minimum Gasteiger partial charge on any atom is -0.497 e. The Morgan fingerprint density at radius 1 is 1.32 bits per heavy atom. The van der Waals surface area contributed by atoms with Gasteiger partial charge in [0.1, 0.15) is 17.4 Å². The number of rotatable bonds is 2. The summed E-state index contributed by atoms with van der Waals surface area (Å²) in [4.78, 5) is 4.21. The number of fused-ring (bicyclic) bond motifs is 1. The molecule has 2 atom stereocenters. The highest BCUT2D eigenvalue weighted by Gasteiger charge is 2.37. The lowest BCUT2D eigenvalue weighted by molar-refractivity contribution is 0.404. The van der Waals surface area contributed by atoms with Gasteiger partial charge in [-0.1, -0.05) is 12.1 Å². The van der Waals surface area contributed by atoms with Gasteiger partial charge < -0.3 is 9.47 Å². The number of ether oxygens (including phenoxy) is 2. The molecule has 1 N–H and O–H groups in total. The Morgan fingerprint density at radius 3 is 2.82 bits per heavy atom. The summed E-state index contributed by atoms with van der Waals surface area (Å²) in [5.74, 6) is 0.240. The predicted molar refractivity (Wildman–Crippen MR) is 81.3 cm³/mol. The molecule has 0 bridgehead atoms. The molecule has 1 aromatic carbocycles. The van der Waals surface area contributed by atoms with Crippen LogP contribution in [0.15, 0.2) is 36.7 Å². The molecule has 0 aliphatic carbocycles. The maximum atomic E-state index is 9.47. The van der Waals surface area contributed by atoms with Crippen LogP contribution in [0.25, 0.3) is 0 Å². The quantitative estimate of drug-likeness (QED) is 0.923. The number of methoxy groups -OCH3 is 1. The molecule has 22 heavy (non-hydrogen) atoms. The molecule has 1 aliphatic heterocycles. The molecule has 2 unspecified atom stereocenters. The van der Waals surface area contributed by atoms with Gasteiger partial charge in [0.05, 0.1) is 13.2 Å². The summed E-state index contributed by atoms with van der Waals surface area (Å²) in [5, 5.41) is 17.5. The third-order valence-electron chi connectivity index (χ3n) is 3.79. The Labute approximate surface area is 128 Å². The number of pyridine rings is 1. The van der Waals surface area contributed by atoms with Gasteiger partial charge in [-0.2, -0.15) is 5.26 Å². The Balaban J connectivity index is 2.18. The highest BCUT2D eigenvalue weighted by atomic mass is 16.5. The zero-order chi connectivity index (χ0) is 15.7. The van der Waals surface area contributed by atoms with Crippen molar-refractivity contribution in [2.75, 3.05) is 7.11 Å². The summed E-state index contributed by atoms with van der Waals surface area (Å²) in [6.07, 6.45) is 3.51. The Bertz CT molecular complexity index is 780. The molecule has 2 aromatic rings. The lowest BCUT2D eigenvalue weighted by atomic mass is 9.79. The van der Waals surface area contributed by atoms with Crippen molar-refractivity contribution in [2.24, 2.45) is 5.92 Å². The average molecular weight is 293 g/mol. The molecule has 0 saturated carbocycles. The second-order valence-corrected chi connectivity index (χ2v) is 5.25. The van der Waals surface area contributed by atoms with Crippen LogP contribution in [0.5, 0.6) is 11.5 Å². The minimum absolute atomic E-state index is 0.0465. The van der Waals surface area contributed by atoms with E-state index < -0.39 is 5.92 Å². The van der Waals surface area contributed by atoms with Crippen LogP contribution in [-0.2, 0) is 0 Å². The van der Waals surface area contributed by atoms with Crippen LogP contribution in [-0.4, -0.2) is 18.0 Å². The third-order valence-corrected chi connectivity index (χ3v) is 3.79. The summed E-state index contributed by atoms with van der Waals surface area (Å²) in [6.45, 7) is 1.96. The van der Waals surface area contributed by atoms with Gasteiger partial charge in [-0.15, -0.1) is 0 Å². The number of nitrogens with one attached hydrogen (secondary N) is 1. The van der Waals surface area contributed by atoms with Gasteiger partial charge in [0.2, 0.25) is 5.90 Å². The lowest BCUT2D eigenvalue weighted by Crippen LogP contribution is -2.31. The number of aromatic nitrogens is 1. The van der Waals surface area contributed by atoms with E-state index in [9.17, 15) is 5.26 Å². The fourth-order valence-electron chi connectivity index (χ4n) is 2.75.